The topological polar surface area (TPSA) is 29.5 Å². The summed E-state index contributed by atoms with van der Waals surface area (Å²) in [5.41, 5.74) is 2.82. The zero-order chi connectivity index (χ0) is 14.8. The largest absolute Gasteiger partial charge is 0.351 e. The number of hydrogen-bond acceptors (Lipinski definition) is 2. The van der Waals surface area contributed by atoms with Crippen molar-refractivity contribution in [1.82, 2.24) is 4.90 Å². The lowest BCUT2D eigenvalue weighted by Crippen LogP contribution is -2.30. The molecule has 3 rings (SSSR count). The maximum Gasteiger partial charge on any atom is 0.256 e. The molecule has 0 bridgehead atoms. The average Bonchev–Trinajstić information content (AvgIpc) is 2.74. The van der Waals surface area contributed by atoms with E-state index in [1.807, 2.05) is 68.4 Å². The van der Waals surface area contributed by atoms with Crippen LogP contribution in [0.3, 0.4) is 0 Å². The van der Waals surface area contributed by atoms with Gasteiger partial charge < -0.3 is 9.64 Å². The van der Waals surface area contributed by atoms with E-state index in [9.17, 15) is 4.79 Å². The van der Waals surface area contributed by atoms with Crippen LogP contribution in [-0.4, -0.2) is 16.9 Å². The summed E-state index contributed by atoms with van der Waals surface area (Å²) in [4.78, 5) is 14.4. The summed E-state index contributed by atoms with van der Waals surface area (Å²) in [6, 6.07) is 17.7. The molecule has 0 saturated heterocycles. The number of rotatable bonds is 4. The lowest BCUT2D eigenvalue weighted by molar-refractivity contribution is -0.0717. The Morgan fingerprint density at radius 3 is 2.43 bits per heavy atom. The number of nitrogens with zero attached hydrogens (tertiary/aromatic N) is 1. The van der Waals surface area contributed by atoms with Crippen molar-refractivity contribution in [1.29, 1.82) is 0 Å². The molecule has 3 nitrogen and oxygen atoms in total. The monoisotopic (exact) mass is 281 g/mol. The predicted octanol–water partition coefficient (Wildman–Crippen LogP) is 3.77. The summed E-state index contributed by atoms with van der Waals surface area (Å²) in [5.74, 6) is 0.0418. The molecule has 108 valence electrons. The number of amides is 1. The van der Waals surface area contributed by atoms with Crippen LogP contribution in [0.2, 0.25) is 0 Å². The molecule has 0 N–H and O–H groups in total. The van der Waals surface area contributed by atoms with Crippen LogP contribution >= 0.6 is 0 Å². The van der Waals surface area contributed by atoms with Gasteiger partial charge in [-0.15, -0.1) is 0 Å². The van der Waals surface area contributed by atoms with Gasteiger partial charge in [0.2, 0.25) is 0 Å². The Kier molecular flexibility index (Phi) is 3.76. The molecule has 3 heteroatoms. The molecule has 1 atom stereocenters. The van der Waals surface area contributed by atoms with Gasteiger partial charge in [0.15, 0.2) is 6.23 Å². The quantitative estimate of drug-likeness (QED) is 0.854. The number of fused-ring (bicyclic) bond motifs is 1. The van der Waals surface area contributed by atoms with Crippen LogP contribution in [0.25, 0.3) is 0 Å². The van der Waals surface area contributed by atoms with Crippen molar-refractivity contribution < 1.29 is 9.53 Å². The molecule has 1 aliphatic rings. The van der Waals surface area contributed by atoms with Crippen LogP contribution in [0.15, 0.2) is 54.6 Å². The second kappa shape index (κ2) is 5.70. The van der Waals surface area contributed by atoms with E-state index in [1.54, 1.807) is 4.90 Å². The van der Waals surface area contributed by atoms with Gasteiger partial charge in [-0.25, -0.2) is 0 Å². The Hall–Kier alpha value is -2.13. The number of benzene rings is 2. The predicted molar refractivity (Wildman–Crippen MR) is 81.7 cm³/mol. The van der Waals surface area contributed by atoms with E-state index in [0.29, 0.717) is 6.54 Å². The zero-order valence-corrected chi connectivity index (χ0v) is 12.3. The van der Waals surface area contributed by atoms with Crippen molar-refractivity contribution in [3.63, 3.8) is 0 Å². The SMILES string of the molecule is CC(C)O[C@H]1c2ccccc2C(=O)N1Cc1ccccc1. The first kappa shape index (κ1) is 13.8. The highest BCUT2D eigenvalue weighted by molar-refractivity contribution is 5.98. The fourth-order valence-corrected chi connectivity index (χ4v) is 2.68. The first-order valence-electron chi connectivity index (χ1n) is 7.26. The molecule has 0 unspecified atom stereocenters. The van der Waals surface area contributed by atoms with Gasteiger partial charge in [0.1, 0.15) is 0 Å². The fourth-order valence-electron chi connectivity index (χ4n) is 2.68. The minimum Gasteiger partial charge on any atom is -0.351 e. The van der Waals surface area contributed by atoms with Gasteiger partial charge in [0, 0.05) is 17.7 Å². The molecule has 1 aliphatic heterocycles. The van der Waals surface area contributed by atoms with Gasteiger partial charge in [-0.05, 0) is 25.5 Å². The Morgan fingerprint density at radius 2 is 1.71 bits per heavy atom. The molecule has 21 heavy (non-hydrogen) atoms. The molecule has 0 fully saturated rings. The minimum atomic E-state index is -0.297. The third-order valence-corrected chi connectivity index (χ3v) is 3.60. The van der Waals surface area contributed by atoms with Crippen LogP contribution in [0.1, 0.15) is 41.6 Å². The third kappa shape index (κ3) is 2.69. The summed E-state index contributed by atoms with van der Waals surface area (Å²) >= 11 is 0. The van der Waals surface area contributed by atoms with Crippen molar-refractivity contribution in [3.8, 4) is 0 Å². The highest BCUT2D eigenvalue weighted by atomic mass is 16.5. The number of hydrogen-bond donors (Lipinski definition) is 0. The van der Waals surface area contributed by atoms with Gasteiger partial charge >= 0.3 is 0 Å². The lowest BCUT2D eigenvalue weighted by atomic mass is 10.1. The van der Waals surface area contributed by atoms with E-state index >= 15 is 0 Å². The molecule has 0 spiro atoms. The second-order valence-electron chi connectivity index (χ2n) is 5.54. The number of ether oxygens (including phenoxy) is 1. The lowest BCUT2D eigenvalue weighted by Gasteiger charge is -2.27. The average molecular weight is 281 g/mol. The Bertz CT molecular complexity index is 637. The normalized spacial score (nSPS) is 17.4. The van der Waals surface area contributed by atoms with E-state index in [1.165, 1.54) is 0 Å². The van der Waals surface area contributed by atoms with Crippen LogP contribution in [0, 0.1) is 0 Å². The number of carbonyl (C=O) groups excluding carboxylic acids is 1. The molecule has 0 radical (unpaired) electrons. The summed E-state index contributed by atoms with van der Waals surface area (Å²) < 4.78 is 6.00. The molecule has 1 heterocycles. The van der Waals surface area contributed by atoms with Gasteiger partial charge in [-0.3, -0.25) is 4.79 Å². The summed E-state index contributed by atoms with van der Waals surface area (Å²) in [6.45, 7) is 4.55. The van der Waals surface area contributed by atoms with Gasteiger partial charge in [-0.2, -0.15) is 0 Å². The Morgan fingerprint density at radius 1 is 1.05 bits per heavy atom. The summed E-state index contributed by atoms with van der Waals surface area (Å²) in [5, 5.41) is 0. The van der Waals surface area contributed by atoms with Crippen LogP contribution in [0.5, 0.6) is 0 Å². The van der Waals surface area contributed by atoms with E-state index < -0.39 is 0 Å². The number of carbonyl (C=O) groups is 1. The molecule has 0 aromatic heterocycles. The van der Waals surface area contributed by atoms with Crippen molar-refractivity contribution in [2.45, 2.75) is 32.7 Å². The van der Waals surface area contributed by atoms with Gasteiger partial charge in [0.25, 0.3) is 5.91 Å². The third-order valence-electron chi connectivity index (χ3n) is 3.60. The standard InChI is InChI=1S/C18H19NO2/c1-13(2)21-18-16-11-7-6-10-15(16)17(20)19(18)12-14-8-4-3-5-9-14/h3-11,13,18H,12H2,1-2H3/t18-/m0/s1. The molecule has 0 aliphatic carbocycles. The molecule has 2 aromatic rings. The first-order valence-corrected chi connectivity index (χ1v) is 7.26. The van der Waals surface area contributed by atoms with Crippen LogP contribution in [-0.2, 0) is 11.3 Å². The van der Waals surface area contributed by atoms with Crippen LogP contribution < -0.4 is 0 Å². The molecule has 1 amide bonds. The minimum absolute atomic E-state index is 0.0418. The van der Waals surface area contributed by atoms with E-state index in [0.717, 1.165) is 16.7 Å². The fraction of sp³-hybridized carbons (Fsp3) is 0.278. The zero-order valence-electron chi connectivity index (χ0n) is 12.3. The van der Waals surface area contributed by atoms with Crippen molar-refractivity contribution in [2.24, 2.45) is 0 Å². The van der Waals surface area contributed by atoms with Gasteiger partial charge in [0.05, 0.1) is 6.10 Å². The van der Waals surface area contributed by atoms with Crippen molar-refractivity contribution >= 4 is 5.91 Å². The molecule has 2 aromatic carbocycles. The Labute approximate surface area is 125 Å². The van der Waals surface area contributed by atoms with E-state index in [2.05, 4.69) is 0 Å². The van der Waals surface area contributed by atoms with E-state index in [-0.39, 0.29) is 18.2 Å². The summed E-state index contributed by atoms with van der Waals surface area (Å²) in [6.07, 6.45) is -0.235. The summed E-state index contributed by atoms with van der Waals surface area (Å²) in [7, 11) is 0. The van der Waals surface area contributed by atoms with Crippen molar-refractivity contribution in [3.05, 3.63) is 71.3 Å². The first-order chi connectivity index (χ1) is 10.2. The smallest absolute Gasteiger partial charge is 0.256 e. The molecular weight excluding hydrogens is 262 g/mol. The second-order valence-corrected chi connectivity index (χ2v) is 5.54. The maximum atomic E-state index is 12.6. The molecular formula is C18H19NO2. The highest BCUT2D eigenvalue weighted by Gasteiger charge is 2.37. The van der Waals surface area contributed by atoms with Gasteiger partial charge in [-0.1, -0.05) is 48.5 Å². The van der Waals surface area contributed by atoms with Crippen LogP contribution in [0.4, 0.5) is 0 Å². The van der Waals surface area contributed by atoms with Crippen molar-refractivity contribution in [2.75, 3.05) is 0 Å². The molecule has 0 saturated carbocycles. The highest BCUT2D eigenvalue weighted by Crippen LogP contribution is 2.36. The Balaban J connectivity index is 1.93. The van der Waals surface area contributed by atoms with E-state index in [4.69, 9.17) is 4.74 Å². The maximum absolute atomic E-state index is 12.6.